The molecule has 4 nitrogen and oxygen atoms in total. The van der Waals surface area contributed by atoms with Gasteiger partial charge in [0.2, 0.25) is 0 Å². The van der Waals surface area contributed by atoms with E-state index in [0.29, 0.717) is 10.9 Å². The fourth-order valence-electron chi connectivity index (χ4n) is 3.90. The molecular weight excluding hydrogens is 365 g/mol. The molecule has 0 saturated heterocycles. The first-order valence-electron chi connectivity index (χ1n) is 9.86. The maximum absolute atomic E-state index is 13.8. The summed E-state index contributed by atoms with van der Waals surface area (Å²) >= 11 is 0. The predicted octanol–water partition coefficient (Wildman–Crippen LogP) is 4.26. The Labute approximate surface area is 168 Å². The Morgan fingerprint density at radius 1 is 1.17 bits per heavy atom. The van der Waals surface area contributed by atoms with E-state index in [1.54, 1.807) is 12.1 Å². The molecule has 0 amide bonds. The van der Waals surface area contributed by atoms with Crippen LogP contribution >= 0.6 is 0 Å². The Balaban J connectivity index is 1.34. The van der Waals surface area contributed by atoms with Gasteiger partial charge in [0.25, 0.3) is 5.56 Å². The van der Waals surface area contributed by atoms with Gasteiger partial charge in [-0.15, -0.1) is 0 Å². The smallest absolute Gasteiger partial charge is 0.258 e. The number of pyridine rings is 1. The second kappa shape index (κ2) is 8.42. The molecule has 0 atom stereocenters. The number of benzene rings is 2. The number of halogens is 1. The zero-order valence-electron chi connectivity index (χ0n) is 16.1. The summed E-state index contributed by atoms with van der Waals surface area (Å²) in [4.78, 5) is 17.4. The normalized spacial score (nSPS) is 14.6. The van der Waals surface area contributed by atoms with Crippen LogP contribution in [0.1, 0.15) is 29.7 Å². The summed E-state index contributed by atoms with van der Waals surface area (Å²) in [6, 6.07) is 16.5. The topological polar surface area (TPSA) is 59.9 Å². The Bertz CT molecular complexity index is 1160. The minimum atomic E-state index is -0.478. The number of H-pyrrole nitrogens is 1. The van der Waals surface area contributed by atoms with Crippen molar-refractivity contribution in [2.75, 3.05) is 19.6 Å². The Kier molecular flexibility index (Phi) is 5.55. The van der Waals surface area contributed by atoms with E-state index in [1.807, 2.05) is 30.3 Å². The average Bonchev–Trinajstić information content (AvgIpc) is 2.74. The maximum atomic E-state index is 13.8. The van der Waals surface area contributed by atoms with Gasteiger partial charge in [-0.3, -0.25) is 9.69 Å². The fraction of sp³-hybridized carbons (Fsp3) is 0.250. The molecule has 1 aliphatic heterocycles. The molecule has 4 rings (SSSR count). The quantitative estimate of drug-likeness (QED) is 0.712. The van der Waals surface area contributed by atoms with Gasteiger partial charge in [0.15, 0.2) is 0 Å². The Morgan fingerprint density at radius 3 is 2.72 bits per heavy atom. The van der Waals surface area contributed by atoms with Crippen LogP contribution in [-0.2, 0) is 6.42 Å². The number of rotatable bonds is 5. The fourth-order valence-corrected chi connectivity index (χ4v) is 3.90. The lowest BCUT2D eigenvalue weighted by Gasteiger charge is -2.26. The third-order valence-corrected chi connectivity index (χ3v) is 5.48. The molecule has 3 aromatic rings. The lowest BCUT2D eigenvalue weighted by molar-refractivity contribution is 0.297. The molecule has 0 spiro atoms. The highest BCUT2D eigenvalue weighted by Crippen LogP contribution is 2.23. The molecule has 146 valence electrons. The molecule has 1 N–H and O–H groups in total. The lowest BCUT2D eigenvalue weighted by Crippen LogP contribution is -2.29. The first kappa shape index (κ1) is 19.1. The molecule has 1 aliphatic rings. The van der Waals surface area contributed by atoms with Crippen molar-refractivity contribution >= 4 is 16.3 Å². The van der Waals surface area contributed by atoms with Crippen molar-refractivity contribution in [3.63, 3.8) is 0 Å². The minimum absolute atomic E-state index is 0.132. The van der Waals surface area contributed by atoms with Gasteiger partial charge in [0, 0.05) is 18.8 Å². The van der Waals surface area contributed by atoms with Crippen molar-refractivity contribution in [1.82, 2.24) is 9.88 Å². The van der Waals surface area contributed by atoms with Gasteiger partial charge in [-0.2, -0.15) is 5.26 Å². The van der Waals surface area contributed by atoms with E-state index in [0.717, 1.165) is 44.6 Å². The highest BCUT2D eigenvalue weighted by atomic mass is 19.1. The molecule has 0 fully saturated rings. The van der Waals surface area contributed by atoms with Crippen LogP contribution in [0.25, 0.3) is 16.3 Å². The van der Waals surface area contributed by atoms with Crippen LogP contribution in [0.15, 0.2) is 59.4 Å². The van der Waals surface area contributed by atoms with Crippen LogP contribution in [0, 0.1) is 17.1 Å². The summed E-state index contributed by atoms with van der Waals surface area (Å²) in [5.41, 5.74) is 3.68. The predicted molar refractivity (Wildman–Crippen MR) is 113 cm³/mol. The van der Waals surface area contributed by atoms with Gasteiger partial charge in [0.1, 0.15) is 5.82 Å². The van der Waals surface area contributed by atoms with Crippen molar-refractivity contribution in [3.8, 4) is 6.07 Å². The van der Waals surface area contributed by atoms with Crippen molar-refractivity contribution in [2.24, 2.45) is 0 Å². The first-order chi connectivity index (χ1) is 14.1. The van der Waals surface area contributed by atoms with E-state index in [2.05, 4.69) is 22.0 Å². The molecule has 5 heteroatoms. The van der Waals surface area contributed by atoms with Crippen molar-refractivity contribution in [3.05, 3.63) is 87.6 Å². The summed E-state index contributed by atoms with van der Waals surface area (Å²) in [5, 5.41) is 9.69. The molecule has 0 radical (unpaired) electrons. The van der Waals surface area contributed by atoms with Gasteiger partial charge >= 0.3 is 0 Å². The molecular formula is C24H22FN3O. The lowest BCUT2D eigenvalue weighted by atomic mass is 9.98. The summed E-state index contributed by atoms with van der Waals surface area (Å²) in [7, 11) is 0. The van der Waals surface area contributed by atoms with Gasteiger partial charge < -0.3 is 4.98 Å². The number of aromatic nitrogens is 1. The summed E-state index contributed by atoms with van der Waals surface area (Å²) in [6.45, 7) is 2.83. The molecule has 0 saturated carbocycles. The Hall–Kier alpha value is -3.23. The van der Waals surface area contributed by atoms with E-state index in [4.69, 9.17) is 5.26 Å². The summed E-state index contributed by atoms with van der Waals surface area (Å²) < 4.78 is 13.8. The van der Waals surface area contributed by atoms with Gasteiger partial charge in [-0.25, -0.2) is 4.39 Å². The summed E-state index contributed by atoms with van der Waals surface area (Å²) in [5.74, 6) is -0.478. The van der Waals surface area contributed by atoms with Gasteiger partial charge in [-0.1, -0.05) is 30.3 Å². The zero-order valence-corrected chi connectivity index (χ0v) is 16.1. The second-order valence-corrected chi connectivity index (χ2v) is 7.40. The van der Waals surface area contributed by atoms with Crippen LogP contribution in [0.2, 0.25) is 0 Å². The number of nitrogens with zero attached hydrogens (tertiary/aromatic N) is 2. The standard InChI is InChI=1S/C24H22FN3O/c25-22-5-1-3-20-15-21(27-24(29)23(20)22)4-2-12-28-13-10-19(11-14-28)18-8-6-17(16-26)7-9-18/h1,3,5-10,15H,2,4,11-14H2,(H,27,29). The highest BCUT2D eigenvalue weighted by Gasteiger charge is 2.13. The van der Waals surface area contributed by atoms with E-state index in [9.17, 15) is 9.18 Å². The van der Waals surface area contributed by atoms with E-state index < -0.39 is 5.82 Å². The van der Waals surface area contributed by atoms with E-state index >= 15 is 0 Å². The molecule has 2 heterocycles. The van der Waals surface area contributed by atoms with E-state index in [1.165, 1.54) is 17.2 Å². The van der Waals surface area contributed by atoms with Crippen LogP contribution in [0.5, 0.6) is 0 Å². The van der Waals surface area contributed by atoms with E-state index in [-0.39, 0.29) is 10.9 Å². The Morgan fingerprint density at radius 2 is 2.00 bits per heavy atom. The van der Waals surface area contributed by atoms with Crippen LogP contribution in [0.3, 0.4) is 0 Å². The van der Waals surface area contributed by atoms with Crippen molar-refractivity contribution in [2.45, 2.75) is 19.3 Å². The number of nitrogens with one attached hydrogen (secondary N) is 1. The molecule has 0 bridgehead atoms. The molecule has 29 heavy (non-hydrogen) atoms. The molecule has 2 aromatic carbocycles. The van der Waals surface area contributed by atoms with Crippen LogP contribution in [-0.4, -0.2) is 29.5 Å². The number of hydrogen-bond donors (Lipinski definition) is 1. The third-order valence-electron chi connectivity index (χ3n) is 5.48. The maximum Gasteiger partial charge on any atom is 0.258 e. The zero-order chi connectivity index (χ0) is 20.2. The monoisotopic (exact) mass is 387 g/mol. The van der Waals surface area contributed by atoms with Gasteiger partial charge in [-0.05, 0) is 66.6 Å². The van der Waals surface area contributed by atoms with Crippen molar-refractivity contribution in [1.29, 1.82) is 5.26 Å². The molecule has 0 unspecified atom stereocenters. The molecule has 0 aliphatic carbocycles. The highest BCUT2D eigenvalue weighted by molar-refractivity contribution is 5.82. The van der Waals surface area contributed by atoms with Crippen molar-refractivity contribution < 1.29 is 4.39 Å². The number of fused-ring (bicyclic) bond motifs is 1. The SMILES string of the molecule is N#Cc1ccc(C2=CCN(CCCc3cc4cccc(F)c4c(=O)[nH]3)CC2)cc1. The summed E-state index contributed by atoms with van der Waals surface area (Å²) in [6.07, 6.45) is 4.92. The second-order valence-electron chi connectivity index (χ2n) is 7.40. The van der Waals surface area contributed by atoms with Crippen LogP contribution in [0.4, 0.5) is 4.39 Å². The third kappa shape index (κ3) is 4.28. The van der Waals surface area contributed by atoms with Gasteiger partial charge in [0.05, 0.1) is 17.0 Å². The first-order valence-corrected chi connectivity index (χ1v) is 9.86. The number of nitriles is 1. The minimum Gasteiger partial charge on any atom is -0.326 e. The largest absolute Gasteiger partial charge is 0.326 e. The number of aryl methyl sites for hydroxylation is 1. The molecule has 1 aromatic heterocycles. The number of hydrogen-bond acceptors (Lipinski definition) is 3. The van der Waals surface area contributed by atoms with Crippen LogP contribution < -0.4 is 5.56 Å². The average molecular weight is 387 g/mol. The number of aromatic amines is 1.